The summed E-state index contributed by atoms with van der Waals surface area (Å²) in [4.78, 5) is 16.5. The first-order chi connectivity index (χ1) is 12.0. The Bertz CT molecular complexity index is 731. The SMILES string of the molecule is Cc1ccncc1CC(=O)CCc1nnc(CCC(C)C)n1C1CC1. The number of hydrogen-bond acceptors (Lipinski definition) is 4. The number of Topliss-reactive ketones (excluding diaryl/α,β-unsaturated/α-hetero) is 1. The van der Waals surface area contributed by atoms with Gasteiger partial charge in [0.15, 0.2) is 0 Å². The van der Waals surface area contributed by atoms with Crippen LogP contribution >= 0.6 is 0 Å². The van der Waals surface area contributed by atoms with E-state index in [9.17, 15) is 4.79 Å². The lowest BCUT2D eigenvalue weighted by Gasteiger charge is -2.10. The molecule has 1 fully saturated rings. The highest BCUT2D eigenvalue weighted by atomic mass is 16.1. The predicted octanol–water partition coefficient (Wildman–Crippen LogP) is 3.65. The van der Waals surface area contributed by atoms with E-state index in [2.05, 4.69) is 33.6 Å². The Morgan fingerprint density at radius 3 is 2.60 bits per heavy atom. The minimum atomic E-state index is 0.241. The van der Waals surface area contributed by atoms with Gasteiger partial charge in [-0.1, -0.05) is 13.8 Å². The van der Waals surface area contributed by atoms with E-state index in [-0.39, 0.29) is 5.78 Å². The van der Waals surface area contributed by atoms with Crippen LogP contribution in [0.15, 0.2) is 18.5 Å². The fourth-order valence-electron chi connectivity index (χ4n) is 3.11. The van der Waals surface area contributed by atoms with E-state index in [1.165, 1.54) is 12.8 Å². The van der Waals surface area contributed by atoms with Gasteiger partial charge in [0.2, 0.25) is 0 Å². The molecular weight excluding hydrogens is 312 g/mol. The van der Waals surface area contributed by atoms with Gasteiger partial charge in [0.25, 0.3) is 0 Å². The average molecular weight is 340 g/mol. The highest BCUT2D eigenvalue weighted by Crippen LogP contribution is 2.37. The summed E-state index contributed by atoms with van der Waals surface area (Å²) in [7, 11) is 0. The van der Waals surface area contributed by atoms with E-state index in [1.807, 2.05) is 13.0 Å². The summed E-state index contributed by atoms with van der Waals surface area (Å²) >= 11 is 0. The molecule has 1 aliphatic carbocycles. The minimum absolute atomic E-state index is 0.241. The van der Waals surface area contributed by atoms with Gasteiger partial charge in [-0.3, -0.25) is 9.78 Å². The third kappa shape index (κ3) is 4.74. The lowest BCUT2D eigenvalue weighted by atomic mass is 10.0. The number of rotatable bonds is 9. The molecule has 0 aliphatic heterocycles. The first-order valence-electron chi connectivity index (χ1n) is 9.38. The van der Waals surface area contributed by atoms with Crippen LogP contribution in [0.4, 0.5) is 0 Å². The molecule has 5 nitrogen and oxygen atoms in total. The minimum Gasteiger partial charge on any atom is -0.312 e. The molecular formula is C20H28N4O. The summed E-state index contributed by atoms with van der Waals surface area (Å²) in [5.41, 5.74) is 2.15. The first-order valence-corrected chi connectivity index (χ1v) is 9.38. The Morgan fingerprint density at radius 2 is 1.96 bits per heavy atom. The summed E-state index contributed by atoms with van der Waals surface area (Å²) in [6.07, 6.45) is 9.74. The Hall–Kier alpha value is -2.04. The van der Waals surface area contributed by atoms with E-state index in [4.69, 9.17) is 0 Å². The van der Waals surface area contributed by atoms with Gasteiger partial charge in [-0.15, -0.1) is 10.2 Å². The van der Waals surface area contributed by atoms with Crippen molar-refractivity contribution in [2.24, 2.45) is 5.92 Å². The predicted molar refractivity (Wildman–Crippen MR) is 97.5 cm³/mol. The first kappa shape index (κ1) is 17.8. The van der Waals surface area contributed by atoms with Crippen LogP contribution in [0.3, 0.4) is 0 Å². The normalized spacial score (nSPS) is 14.2. The Labute approximate surface area is 149 Å². The van der Waals surface area contributed by atoms with Crippen molar-refractivity contribution < 1.29 is 4.79 Å². The molecule has 2 aromatic heterocycles. The van der Waals surface area contributed by atoms with E-state index in [0.717, 1.165) is 35.6 Å². The number of hydrogen-bond donors (Lipinski definition) is 0. The number of carbonyl (C=O) groups is 1. The van der Waals surface area contributed by atoms with Crippen LogP contribution in [0.25, 0.3) is 0 Å². The molecule has 0 bridgehead atoms. The maximum absolute atomic E-state index is 12.4. The highest BCUT2D eigenvalue weighted by Gasteiger charge is 2.29. The third-order valence-electron chi connectivity index (χ3n) is 4.86. The average Bonchev–Trinajstić information content (AvgIpc) is 3.33. The topological polar surface area (TPSA) is 60.7 Å². The zero-order valence-corrected chi connectivity index (χ0v) is 15.5. The molecule has 0 radical (unpaired) electrons. The number of pyridine rings is 1. The van der Waals surface area contributed by atoms with Crippen molar-refractivity contribution in [1.82, 2.24) is 19.7 Å². The Balaban J connectivity index is 1.61. The van der Waals surface area contributed by atoms with Crippen LogP contribution in [0.1, 0.15) is 68.3 Å². The third-order valence-corrected chi connectivity index (χ3v) is 4.86. The highest BCUT2D eigenvalue weighted by molar-refractivity contribution is 5.81. The van der Waals surface area contributed by atoms with Gasteiger partial charge in [-0.2, -0.15) is 0 Å². The van der Waals surface area contributed by atoms with Crippen molar-refractivity contribution in [2.45, 2.75) is 71.8 Å². The smallest absolute Gasteiger partial charge is 0.137 e. The molecule has 134 valence electrons. The number of ketones is 1. The zero-order valence-electron chi connectivity index (χ0n) is 15.5. The standard InChI is InChI=1S/C20H28N4O/c1-14(2)4-8-19-22-23-20(24(19)17-5-6-17)9-7-18(25)12-16-13-21-11-10-15(16)3/h10-11,13-14,17H,4-9,12H2,1-3H3. The molecule has 1 aliphatic rings. The second kappa shape index (κ2) is 7.89. The van der Waals surface area contributed by atoms with Gasteiger partial charge >= 0.3 is 0 Å². The van der Waals surface area contributed by atoms with Crippen LogP contribution in [0.5, 0.6) is 0 Å². The second-order valence-corrected chi connectivity index (χ2v) is 7.58. The molecule has 2 aromatic rings. The molecule has 5 heteroatoms. The number of carbonyl (C=O) groups excluding carboxylic acids is 1. The lowest BCUT2D eigenvalue weighted by Crippen LogP contribution is -2.11. The molecule has 2 heterocycles. The van der Waals surface area contributed by atoms with Crippen molar-refractivity contribution in [3.05, 3.63) is 41.2 Å². The molecule has 0 atom stereocenters. The maximum atomic E-state index is 12.4. The van der Waals surface area contributed by atoms with Crippen molar-refractivity contribution in [1.29, 1.82) is 0 Å². The van der Waals surface area contributed by atoms with Crippen LogP contribution < -0.4 is 0 Å². The molecule has 1 saturated carbocycles. The molecule has 0 aromatic carbocycles. The molecule has 0 N–H and O–H groups in total. The zero-order chi connectivity index (χ0) is 17.8. The molecule has 0 saturated heterocycles. The number of aryl methyl sites for hydroxylation is 3. The maximum Gasteiger partial charge on any atom is 0.137 e. The molecule has 0 amide bonds. The summed E-state index contributed by atoms with van der Waals surface area (Å²) in [6, 6.07) is 2.51. The van der Waals surface area contributed by atoms with Gasteiger partial charge in [0.1, 0.15) is 17.4 Å². The van der Waals surface area contributed by atoms with Gasteiger partial charge in [-0.25, -0.2) is 0 Å². The Morgan fingerprint density at radius 1 is 1.24 bits per heavy atom. The molecule has 3 rings (SSSR count). The summed E-state index contributed by atoms with van der Waals surface area (Å²) in [5, 5.41) is 8.82. The van der Waals surface area contributed by atoms with Gasteiger partial charge in [0, 0.05) is 44.1 Å². The second-order valence-electron chi connectivity index (χ2n) is 7.58. The molecule has 25 heavy (non-hydrogen) atoms. The fraction of sp³-hybridized carbons (Fsp3) is 0.600. The summed E-state index contributed by atoms with van der Waals surface area (Å²) in [6.45, 7) is 6.49. The Kier molecular flexibility index (Phi) is 5.61. The van der Waals surface area contributed by atoms with Crippen molar-refractivity contribution in [3.8, 4) is 0 Å². The number of nitrogens with zero attached hydrogens (tertiary/aromatic N) is 4. The van der Waals surface area contributed by atoms with Gasteiger partial charge in [-0.05, 0) is 49.3 Å². The van der Waals surface area contributed by atoms with Crippen molar-refractivity contribution in [3.63, 3.8) is 0 Å². The lowest BCUT2D eigenvalue weighted by molar-refractivity contribution is -0.118. The largest absolute Gasteiger partial charge is 0.312 e. The van der Waals surface area contributed by atoms with Gasteiger partial charge in [0.05, 0.1) is 0 Å². The quantitative estimate of drug-likeness (QED) is 0.699. The van der Waals surface area contributed by atoms with Crippen LogP contribution in [-0.2, 0) is 24.1 Å². The van der Waals surface area contributed by atoms with Crippen LogP contribution in [0, 0.1) is 12.8 Å². The van der Waals surface area contributed by atoms with Crippen LogP contribution in [0.2, 0.25) is 0 Å². The van der Waals surface area contributed by atoms with E-state index in [1.54, 1.807) is 12.4 Å². The van der Waals surface area contributed by atoms with E-state index in [0.29, 0.717) is 31.2 Å². The summed E-state index contributed by atoms with van der Waals surface area (Å²) < 4.78 is 2.31. The van der Waals surface area contributed by atoms with Crippen LogP contribution in [-0.4, -0.2) is 25.5 Å². The van der Waals surface area contributed by atoms with E-state index >= 15 is 0 Å². The summed E-state index contributed by atoms with van der Waals surface area (Å²) in [5.74, 6) is 2.99. The monoisotopic (exact) mass is 340 g/mol. The van der Waals surface area contributed by atoms with Crippen molar-refractivity contribution >= 4 is 5.78 Å². The number of aromatic nitrogens is 4. The van der Waals surface area contributed by atoms with E-state index < -0.39 is 0 Å². The van der Waals surface area contributed by atoms with Crippen molar-refractivity contribution in [2.75, 3.05) is 0 Å². The van der Waals surface area contributed by atoms with Gasteiger partial charge < -0.3 is 4.57 Å². The molecule has 0 unspecified atom stereocenters. The fourth-order valence-corrected chi connectivity index (χ4v) is 3.11. The molecule has 0 spiro atoms.